The van der Waals surface area contributed by atoms with E-state index in [0.717, 1.165) is 5.57 Å². The third kappa shape index (κ3) is 3.76. The molecule has 0 bridgehead atoms. The van der Waals surface area contributed by atoms with Crippen molar-refractivity contribution < 1.29 is 43.9 Å². The van der Waals surface area contributed by atoms with Gasteiger partial charge in [0.1, 0.15) is 35.5 Å². The van der Waals surface area contributed by atoms with Crippen molar-refractivity contribution in [3.8, 4) is 0 Å². The molecule has 4 aliphatic carbocycles. The van der Waals surface area contributed by atoms with Gasteiger partial charge in [-0.15, -0.1) is 0 Å². The first-order valence-electron chi connectivity index (χ1n) is 13.5. The van der Waals surface area contributed by atoms with Crippen molar-refractivity contribution in [3.63, 3.8) is 0 Å². The fraction of sp³-hybridized carbons (Fsp3) is 0.821. The fourth-order valence-electron chi connectivity index (χ4n) is 8.52. The third-order valence-electron chi connectivity index (χ3n) is 10.6. The highest BCUT2D eigenvalue weighted by atomic mass is 16.7. The maximum Gasteiger partial charge on any atom is 0.186 e. The quantitative estimate of drug-likeness (QED) is 0.471. The van der Waals surface area contributed by atoms with Gasteiger partial charge in [0, 0.05) is 37.2 Å². The van der Waals surface area contributed by atoms with E-state index in [1.165, 1.54) is 14.0 Å². The lowest BCUT2D eigenvalue weighted by atomic mass is 9.46. The number of carbonyl (C=O) groups is 3. The Kier molecular flexibility index (Phi) is 6.61. The minimum atomic E-state index is -1.79. The van der Waals surface area contributed by atoms with Gasteiger partial charge in [0.25, 0.3) is 0 Å². The molecule has 0 radical (unpaired) electrons. The molecule has 1 saturated heterocycles. The van der Waals surface area contributed by atoms with Crippen LogP contribution in [0.1, 0.15) is 66.2 Å². The average Bonchev–Trinajstić information content (AvgIpc) is 3.03. The zero-order chi connectivity index (χ0) is 27.1. The van der Waals surface area contributed by atoms with Gasteiger partial charge in [-0.2, -0.15) is 0 Å². The van der Waals surface area contributed by atoms with Crippen LogP contribution < -0.4 is 0 Å². The Hall–Kier alpha value is -1.49. The Bertz CT molecular complexity index is 1020. The van der Waals surface area contributed by atoms with Gasteiger partial charge < -0.3 is 29.5 Å². The van der Waals surface area contributed by atoms with Crippen molar-refractivity contribution in [3.05, 3.63) is 11.6 Å². The summed E-state index contributed by atoms with van der Waals surface area (Å²) < 4.78 is 17.2. The van der Waals surface area contributed by atoms with Crippen LogP contribution in [0, 0.1) is 28.6 Å². The Morgan fingerprint density at radius 1 is 1.11 bits per heavy atom. The van der Waals surface area contributed by atoms with Gasteiger partial charge in [0.2, 0.25) is 0 Å². The SMILES string of the molecule is CO[C@H]1[C@@H](O)[C@@H](C)OC(O[C@H]2CC[C@@]3(C)C(=CC[C@@H]4[C@@H]3C(=O)C[C@@]3(C)[C@H]4C(=O)C[C@]3(O)C(C)=O)C2)[C@@H]1O. The van der Waals surface area contributed by atoms with Crippen molar-refractivity contribution in [2.45, 2.75) is 109 Å². The van der Waals surface area contributed by atoms with E-state index in [4.69, 9.17) is 14.2 Å². The summed E-state index contributed by atoms with van der Waals surface area (Å²) in [5.41, 5.74) is -2.21. The molecule has 206 valence electrons. The molecule has 0 aromatic heterocycles. The number of hydrogen-bond donors (Lipinski definition) is 3. The number of allylic oxidation sites excluding steroid dienone is 1. The van der Waals surface area contributed by atoms with E-state index in [1.54, 1.807) is 13.8 Å². The Morgan fingerprint density at radius 3 is 2.43 bits per heavy atom. The highest BCUT2D eigenvalue weighted by Gasteiger charge is 2.70. The fourth-order valence-corrected chi connectivity index (χ4v) is 8.52. The number of ether oxygens (including phenoxy) is 3. The van der Waals surface area contributed by atoms with E-state index in [-0.39, 0.29) is 42.3 Å². The second kappa shape index (κ2) is 9.03. The summed E-state index contributed by atoms with van der Waals surface area (Å²) in [6.07, 6.45) is -0.330. The average molecular weight is 521 g/mol. The number of carbonyl (C=O) groups excluding carboxylic acids is 3. The molecule has 9 nitrogen and oxygen atoms in total. The van der Waals surface area contributed by atoms with Crippen molar-refractivity contribution in [1.29, 1.82) is 0 Å². The maximum absolute atomic E-state index is 13.7. The first-order valence-corrected chi connectivity index (χ1v) is 13.5. The second-order valence-electron chi connectivity index (χ2n) is 12.5. The number of methoxy groups -OCH3 is 1. The summed E-state index contributed by atoms with van der Waals surface area (Å²) in [6.45, 7) is 6.85. The second-order valence-corrected chi connectivity index (χ2v) is 12.5. The summed E-state index contributed by atoms with van der Waals surface area (Å²) in [7, 11) is 1.43. The molecule has 4 fully saturated rings. The van der Waals surface area contributed by atoms with Gasteiger partial charge in [-0.25, -0.2) is 0 Å². The molecule has 0 spiro atoms. The van der Waals surface area contributed by atoms with E-state index in [1.807, 2.05) is 0 Å². The topological polar surface area (TPSA) is 140 Å². The number of aliphatic hydroxyl groups is 3. The third-order valence-corrected chi connectivity index (χ3v) is 10.6. The molecule has 5 rings (SSSR count). The largest absolute Gasteiger partial charge is 0.388 e. The smallest absolute Gasteiger partial charge is 0.186 e. The number of rotatable bonds is 4. The van der Waals surface area contributed by atoms with Crippen molar-refractivity contribution in [1.82, 2.24) is 0 Å². The van der Waals surface area contributed by atoms with Gasteiger partial charge in [-0.3, -0.25) is 14.4 Å². The van der Waals surface area contributed by atoms with E-state index >= 15 is 0 Å². The summed E-state index contributed by atoms with van der Waals surface area (Å²) in [4.78, 5) is 39.4. The van der Waals surface area contributed by atoms with Crippen LogP contribution in [0.2, 0.25) is 0 Å². The predicted molar refractivity (Wildman–Crippen MR) is 130 cm³/mol. The van der Waals surface area contributed by atoms with Crippen LogP contribution in [0.3, 0.4) is 0 Å². The molecule has 12 atom stereocenters. The summed E-state index contributed by atoms with van der Waals surface area (Å²) in [6, 6.07) is 0. The summed E-state index contributed by atoms with van der Waals surface area (Å²) in [5.74, 6) is -1.67. The van der Waals surface area contributed by atoms with Gasteiger partial charge in [0.05, 0.1) is 12.2 Å². The van der Waals surface area contributed by atoms with Crippen LogP contribution >= 0.6 is 0 Å². The van der Waals surface area contributed by atoms with E-state index in [2.05, 4.69) is 13.0 Å². The number of hydrogen-bond acceptors (Lipinski definition) is 9. The lowest BCUT2D eigenvalue weighted by Crippen LogP contribution is -2.61. The molecule has 9 heteroatoms. The van der Waals surface area contributed by atoms with Gasteiger partial charge >= 0.3 is 0 Å². The normalized spacial score (nSPS) is 51.7. The molecule has 1 aliphatic heterocycles. The lowest BCUT2D eigenvalue weighted by Gasteiger charge is -2.57. The highest BCUT2D eigenvalue weighted by Crippen LogP contribution is 2.65. The van der Waals surface area contributed by atoms with Crippen LogP contribution in [0.25, 0.3) is 0 Å². The van der Waals surface area contributed by atoms with Crippen LogP contribution in [-0.2, 0) is 28.6 Å². The molecular weight excluding hydrogens is 480 g/mol. The summed E-state index contributed by atoms with van der Waals surface area (Å²) >= 11 is 0. The van der Waals surface area contributed by atoms with Crippen LogP contribution in [0.5, 0.6) is 0 Å². The molecule has 5 aliphatic rings. The zero-order valence-corrected chi connectivity index (χ0v) is 22.3. The maximum atomic E-state index is 13.7. The van der Waals surface area contributed by atoms with Crippen LogP contribution in [0.4, 0.5) is 0 Å². The molecule has 0 aromatic rings. The van der Waals surface area contributed by atoms with Crippen molar-refractivity contribution in [2.75, 3.05) is 7.11 Å². The number of fused-ring (bicyclic) bond motifs is 5. The minimum absolute atomic E-state index is 0.0161. The molecule has 3 saturated carbocycles. The van der Waals surface area contributed by atoms with Crippen LogP contribution in [-0.4, -0.2) is 82.2 Å². The Balaban J connectivity index is 1.37. The minimum Gasteiger partial charge on any atom is -0.388 e. The first kappa shape index (κ1) is 27.1. The van der Waals surface area contributed by atoms with E-state index in [0.29, 0.717) is 25.7 Å². The zero-order valence-electron chi connectivity index (χ0n) is 22.3. The standard InChI is InChI=1S/C28H40O9/c1-13-22(32)24(35-5)23(33)25(36-13)37-16-8-9-26(3)15(10-16)6-7-17-20(26)18(30)11-27(4)21(17)19(31)12-28(27,34)14(2)29/h6,13,16-17,20-25,32-34H,7-12H2,1-5H3/t13-,16+,17-,20-,21-,22+,23-,24+,25?,26+,27+,28+/m1/s1. The Morgan fingerprint density at radius 2 is 1.78 bits per heavy atom. The van der Waals surface area contributed by atoms with Gasteiger partial charge in [0.15, 0.2) is 12.1 Å². The van der Waals surface area contributed by atoms with Crippen LogP contribution in [0.15, 0.2) is 11.6 Å². The highest BCUT2D eigenvalue weighted by molar-refractivity contribution is 6.01. The summed E-state index contributed by atoms with van der Waals surface area (Å²) in [5, 5.41) is 32.2. The Labute approximate surface area is 217 Å². The number of ketones is 3. The molecule has 0 amide bonds. The van der Waals surface area contributed by atoms with Gasteiger partial charge in [-0.1, -0.05) is 25.5 Å². The monoisotopic (exact) mass is 520 g/mol. The molecule has 3 N–H and O–H groups in total. The van der Waals surface area contributed by atoms with Crippen molar-refractivity contribution in [2.24, 2.45) is 28.6 Å². The van der Waals surface area contributed by atoms with E-state index in [9.17, 15) is 29.7 Å². The molecule has 0 aromatic carbocycles. The molecule has 1 heterocycles. The molecule has 1 unspecified atom stereocenters. The molecule has 37 heavy (non-hydrogen) atoms. The number of aliphatic hydroxyl groups excluding tert-OH is 2. The van der Waals surface area contributed by atoms with E-state index < -0.39 is 58.8 Å². The van der Waals surface area contributed by atoms with Crippen molar-refractivity contribution >= 4 is 17.3 Å². The molecular formula is C28H40O9. The lowest BCUT2D eigenvalue weighted by molar-refractivity contribution is -0.309. The van der Waals surface area contributed by atoms with Gasteiger partial charge in [-0.05, 0) is 50.9 Å². The predicted octanol–water partition coefficient (Wildman–Crippen LogP) is 1.49. The first-order chi connectivity index (χ1) is 17.3. The number of Topliss-reactive ketones (excluding diaryl/α,β-unsaturated/α-hetero) is 3.